The highest BCUT2D eigenvalue weighted by Gasteiger charge is 2.20. The number of furan rings is 1. The summed E-state index contributed by atoms with van der Waals surface area (Å²) in [5.41, 5.74) is 3.48. The van der Waals surface area contributed by atoms with Gasteiger partial charge in [0, 0.05) is 17.0 Å². The zero-order chi connectivity index (χ0) is 18.7. The van der Waals surface area contributed by atoms with Crippen molar-refractivity contribution >= 4 is 34.3 Å². The standard InChI is InChI=1S/C20H17NO4S/c1-12-3-5-14(6-4-12)15-11-26-19(18(15)20(23)24)21-17(22)8-7-16-13(2)9-10-25-16/h3-11H,1-2H3,(H,21,22)(H,23,24). The van der Waals surface area contributed by atoms with Crippen molar-refractivity contribution < 1.29 is 19.1 Å². The van der Waals surface area contributed by atoms with Crippen molar-refractivity contribution in [2.45, 2.75) is 13.8 Å². The molecule has 0 atom stereocenters. The average Bonchev–Trinajstić information content (AvgIpc) is 3.20. The van der Waals surface area contributed by atoms with E-state index < -0.39 is 11.9 Å². The molecule has 2 heterocycles. The number of anilines is 1. The maximum atomic E-state index is 12.2. The van der Waals surface area contributed by atoms with Gasteiger partial charge in [-0.05, 0) is 37.1 Å². The first-order chi connectivity index (χ1) is 12.5. The molecule has 2 aromatic heterocycles. The highest BCUT2D eigenvalue weighted by atomic mass is 32.1. The fourth-order valence-electron chi connectivity index (χ4n) is 2.47. The van der Waals surface area contributed by atoms with E-state index >= 15 is 0 Å². The molecule has 1 aromatic carbocycles. The molecule has 0 unspecified atom stereocenters. The first-order valence-corrected chi connectivity index (χ1v) is 8.78. The molecule has 3 rings (SSSR count). The molecule has 0 radical (unpaired) electrons. The summed E-state index contributed by atoms with van der Waals surface area (Å²) >= 11 is 1.19. The third-order valence-corrected chi connectivity index (χ3v) is 4.79. The maximum absolute atomic E-state index is 12.2. The summed E-state index contributed by atoms with van der Waals surface area (Å²) in [7, 11) is 0. The van der Waals surface area contributed by atoms with E-state index in [2.05, 4.69) is 5.32 Å². The quantitative estimate of drug-likeness (QED) is 0.624. The van der Waals surface area contributed by atoms with Crippen LogP contribution in [0.25, 0.3) is 17.2 Å². The third kappa shape index (κ3) is 3.75. The van der Waals surface area contributed by atoms with Gasteiger partial charge >= 0.3 is 5.97 Å². The Morgan fingerprint density at radius 3 is 2.50 bits per heavy atom. The first-order valence-electron chi connectivity index (χ1n) is 7.90. The van der Waals surface area contributed by atoms with Gasteiger partial charge in [0.25, 0.3) is 0 Å². The Labute approximate surface area is 154 Å². The fraction of sp³-hybridized carbons (Fsp3) is 0.100. The third-order valence-electron chi connectivity index (χ3n) is 3.89. The molecule has 5 nitrogen and oxygen atoms in total. The number of nitrogens with one attached hydrogen (secondary N) is 1. The van der Waals surface area contributed by atoms with Crippen LogP contribution in [0.4, 0.5) is 5.00 Å². The Morgan fingerprint density at radius 1 is 1.15 bits per heavy atom. The van der Waals surface area contributed by atoms with E-state index in [9.17, 15) is 14.7 Å². The van der Waals surface area contributed by atoms with Gasteiger partial charge < -0.3 is 14.8 Å². The molecule has 0 aliphatic rings. The number of carboxylic acids is 1. The molecule has 0 aliphatic carbocycles. The van der Waals surface area contributed by atoms with Gasteiger partial charge in [0.05, 0.1) is 6.26 Å². The minimum absolute atomic E-state index is 0.0924. The molecule has 1 amide bonds. The van der Waals surface area contributed by atoms with Gasteiger partial charge in [-0.25, -0.2) is 4.79 Å². The molecule has 3 aromatic rings. The zero-order valence-electron chi connectivity index (χ0n) is 14.3. The lowest BCUT2D eigenvalue weighted by molar-refractivity contribution is -0.111. The molecule has 0 saturated heterocycles. The number of carboxylic acid groups (broad SMARTS) is 1. The number of carbonyl (C=O) groups is 2. The number of hydrogen-bond donors (Lipinski definition) is 2. The van der Waals surface area contributed by atoms with E-state index in [1.807, 2.05) is 38.1 Å². The number of benzene rings is 1. The van der Waals surface area contributed by atoms with E-state index in [0.29, 0.717) is 16.3 Å². The highest BCUT2D eigenvalue weighted by Crippen LogP contribution is 2.35. The maximum Gasteiger partial charge on any atom is 0.339 e. The Balaban J connectivity index is 1.85. The van der Waals surface area contributed by atoms with Gasteiger partial charge in [-0.1, -0.05) is 29.8 Å². The van der Waals surface area contributed by atoms with Crippen LogP contribution in [0.15, 0.2) is 52.5 Å². The summed E-state index contributed by atoms with van der Waals surface area (Å²) in [6.45, 7) is 3.84. The second kappa shape index (κ2) is 7.41. The predicted octanol–water partition coefficient (Wildman–Crippen LogP) is 4.98. The number of aromatic carboxylic acids is 1. The zero-order valence-corrected chi connectivity index (χ0v) is 15.1. The molecule has 0 fully saturated rings. The van der Waals surface area contributed by atoms with Gasteiger partial charge in [0.15, 0.2) is 0 Å². The van der Waals surface area contributed by atoms with Gasteiger partial charge in [-0.15, -0.1) is 11.3 Å². The number of carbonyl (C=O) groups excluding carboxylic acids is 1. The smallest absolute Gasteiger partial charge is 0.339 e. The normalized spacial score (nSPS) is 11.0. The van der Waals surface area contributed by atoms with Gasteiger partial charge in [0.2, 0.25) is 5.91 Å². The Bertz CT molecular complexity index is 980. The Kier molecular flexibility index (Phi) is 5.04. The largest absolute Gasteiger partial charge is 0.478 e. The molecular weight excluding hydrogens is 350 g/mol. The summed E-state index contributed by atoms with van der Waals surface area (Å²) < 4.78 is 5.24. The molecule has 0 aliphatic heterocycles. The van der Waals surface area contributed by atoms with E-state index in [1.165, 1.54) is 17.4 Å². The summed E-state index contributed by atoms with van der Waals surface area (Å²) in [4.78, 5) is 23.9. The van der Waals surface area contributed by atoms with E-state index in [4.69, 9.17) is 4.42 Å². The number of hydrogen-bond acceptors (Lipinski definition) is 4. The summed E-state index contributed by atoms with van der Waals surface area (Å²) in [6, 6.07) is 9.38. The van der Waals surface area contributed by atoms with Crippen LogP contribution in [0.3, 0.4) is 0 Å². The minimum atomic E-state index is -1.08. The lowest BCUT2D eigenvalue weighted by atomic mass is 10.0. The molecule has 0 saturated carbocycles. The second-order valence-electron chi connectivity index (χ2n) is 5.82. The minimum Gasteiger partial charge on any atom is -0.478 e. The Morgan fingerprint density at radius 2 is 1.88 bits per heavy atom. The number of amides is 1. The van der Waals surface area contributed by atoms with Crippen LogP contribution >= 0.6 is 11.3 Å². The first kappa shape index (κ1) is 17.7. The van der Waals surface area contributed by atoms with E-state index in [-0.39, 0.29) is 5.56 Å². The number of aryl methyl sites for hydroxylation is 2. The van der Waals surface area contributed by atoms with Crippen LogP contribution in [-0.2, 0) is 4.79 Å². The van der Waals surface area contributed by atoms with Crippen LogP contribution in [0.5, 0.6) is 0 Å². The lowest BCUT2D eigenvalue weighted by Crippen LogP contribution is -2.10. The Hall–Kier alpha value is -3.12. The molecule has 6 heteroatoms. The van der Waals surface area contributed by atoms with Gasteiger partial charge in [-0.3, -0.25) is 4.79 Å². The highest BCUT2D eigenvalue weighted by molar-refractivity contribution is 7.15. The van der Waals surface area contributed by atoms with Crippen molar-refractivity contribution in [1.82, 2.24) is 0 Å². The molecule has 26 heavy (non-hydrogen) atoms. The fourth-order valence-corrected chi connectivity index (χ4v) is 3.43. The van der Waals surface area contributed by atoms with Crippen molar-refractivity contribution in [3.63, 3.8) is 0 Å². The summed E-state index contributed by atoms with van der Waals surface area (Å²) in [5.74, 6) is -0.909. The second-order valence-corrected chi connectivity index (χ2v) is 6.69. The van der Waals surface area contributed by atoms with Crippen molar-refractivity contribution in [1.29, 1.82) is 0 Å². The van der Waals surface area contributed by atoms with Crippen molar-refractivity contribution in [2.75, 3.05) is 5.32 Å². The lowest BCUT2D eigenvalue weighted by Gasteiger charge is -2.05. The predicted molar refractivity (Wildman–Crippen MR) is 103 cm³/mol. The topological polar surface area (TPSA) is 79.5 Å². The van der Waals surface area contributed by atoms with Gasteiger partial charge in [-0.2, -0.15) is 0 Å². The van der Waals surface area contributed by atoms with Crippen LogP contribution < -0.4 is 5.32 Å². The number of thiophene rings is 1. The molecular formula is C20H17NO4S. The van der Waals surface area contributed by atoms with Crippen molar-refractivity contribution in [3.8, 4) is 11.1 Å². The molecule has 132 valence electrons. The number of rotatable bonds is 5. The van der Waals surface area contributed by atoms with Crippen LogP contribution in [0, 0.1) is 13.8 Å². The monoisotopic (exact) mass is 367 g/mol. The van der Waals surface area contributed by atoms with Crippen LogP contribution in [0.2, 0.25) is 0 Å². The van der Waals surface area contributed by atoms with E-state index in [0.717, 1.165) is 16.7 Å². The van der Waals surface area contributed by atoms with Gasteiger partial charge in [0.1, 0.15) is 16.3 Å². The van der Waals surface area contributed by atoms with Crippen LogP contribution in [0.1, 0.15) is 27.2 Å². The average molecular weight is 367 g/mol. The molecule has 0 spiro atoms. The van der Waals surface area contributed by atoms with Crippen molar-refractivity contribution in [2.24, 2.45) is 0 Å². The van der Waals surface area contributed by atoms with Crippen molar-refractivity contribution in [3.05, 3.63) is 70.5 Å². The summed E-state index contributed by atoms with van der Waals surface area (Å²) in [5, 5.41) is 14.3. The van der Waals surface area contributed by atoms with E-state index in [1.54, 1.807) is 23.8 Å². The molecule has 2 N–H and O–H groups in total. The van der Waals surface area contributed by atoms with Crippen LogP contribution in [-0.4, -0.2) is 17.0 Å². The summed E-state index contributed by atoms with van der Waals surface area (Å²) in [6.07, 6.45) is 4.42. The molecule has 0 bridgehead atoms. The SMILES string of the molecule is Cc1ccc(-c2csc(NC(=O)C=Cc3occc3C)c2C(=O)O)cc1.